The van der Waals surface area contributed by atoms with E-state index >= 15 is 0 Å². The van der Waals surface area contributed by atoms with Gasteiger partial charge in [0.05, 0.1) is 0 Å². The first kappa shape index (κ1) is 36.9. The number of rotatable bonds is 3. The summed E-state index contributed by atoms with van der Waals surface area (Å²) in [6, 6.07) is 32.3. The van der Waals surface area contributed by atoms with Crippen LogP contribution in [0.15, 0.2) is 91.0 Å². The van der Waals surface area contributed by atoms with Gasteiger partial charge in [-0.15, -0.1) is 6.42 Å². The summed E-state index contributed by atoms with van der Waals surface area (Å²) in [6.45, 7) is 9.80. The Morgan fingerprint density at radius 3 is 1.32 bits per heavy atom. The molecule has 3 aromatic rings. The van der Waals surface area contributed by atoms with Crippen LogP contribution in [-0.4, -0.2) is 12.7 Å². The van der Waals surface area contributed by atoms with Gasteiger partial charge in [-0.2, -0.15) is 0 Å². The molecule has 6 rings (SSSR count). The molecule has 0 spiro atoms. The number of benzene rings is 3. The van der Waals surface area contributed by atoms with Crippen LogP contribution in [0.3, 0.4) is 0 Å². The van der Waals surface area contributed by atoms with E-state index in [1.165, 1.54) is 28.8 Å². The summed E-state index contributed by atoms with van der Waals surface area (Å²) < 4.78 is 25.5. The predicted molar refractivity (Wildman–Crippen MR) is 142 cm³/mol. The zero-order valence-electron chi connectivity index (χ0n) is 20.8. The van der Waals surface area contributed by atoms with Gasteiger partial charge in [-0.05, 0) is 62.4 Å². The van der Waals surface area contributed by atoms with E-state index in [4.69, 9.17) is 18.8 Å². The average Bonchev–Trinajstić information content (AvgIpc) is 3.67. The van der Waals surface area contributed by atoms with Crippen molar-refractivity contribution >= 4 is 23.8 Å². The molecular weight excluding hydrogens is 659 g/mol. The van der Waals surface area contributed by atoms with Crippen molar-refractivity contribution < 1.29 is 60.9 Å². The topological polar surface area (TPSA) is 58.3 Å². The molecule has 1 atom stereocenters. The van der Waals surface area contributed by atoms with Crippen molar-refractivity contribution in [1.82, 2.24) is 0 Å². The largest absolute Gasteiger partial charge is 0.0622 e. The van der Waals surface area contributed by atoms with E-state index < -0.39 is 7.92 Å². The Hall–Kier alpha value is -1.13. The summed E-state index contributed by atoms with van der Waals surface area (Å²) in [7, 11) is -0.446. The Morgan fingerprint density at radius 1 is 0.632 bits per heavy atom. The molecule has 2 heterocycles. The predicted octanol–water partition coefficient (Wildman–Crippen LogP) is 5.46. The van der Waals surface area contributed by atoms with Gasteiger partial charge >= 0.3 is 22.6 Å². The van der Waals surface area contributed by atoms with E-state index in [2.05, 4.69) is 104 Å². The van der Waals surface area contributed by atoms with Crippen molar-refractivity contribution in [2.75, 3.05) is 6.61 Å². The smallest absolute Gasteiger partial charge is 0 e. The van der Waals surface area contributed by atoms with Crippen molar-refractivity contribution in [3.8, 4) is 0 Å². The van der Waals surface area contributed by atoms with Crippen molar-refractivity contribution in [3.63, 3.8) is 0 Å². The molecular formula is C31H29Mo2O4P-. The maximum atomic E-state index is 7.50. The summed E-state index contributed by atoms with van der Waals surface area (Å²) in [5, 5.41) is 4.19. The zero-order valence-corrected chi connectivity index (χ0v) is 25.8. The molecule has 1 aliphatic carbocycles. The van der Waals surface area contributed by atoms with Crippen LogP contribution in [0.1, 0.15) is 19.3 Å². The Labute approximate surface area is 258 Å². The van der Waals surface area contributed by atoms with Crippen molar-refractivity contribution in [2.45, 2.75) is 25.4 Å². The van der Waals surface area contributed by atoms with Gasteiger partial charge < -0.3 is 9.47 Å². The minimum Gasteiger partial charge on any atom is -0.0622 e. The minimum atomic E-state index is -0.446. The van der Waals surface area contributed by atoms with Crippen molar-refractivity contribution in [3.05, 3.63) is 143 Å². The Kier molecular flexibility index (Phi) is 23.0. The number of hydrogen-bond donors (Lipinski definition) is 0. The number of fused-ring (bicyclic) bond motifs is 2. The number of hydrogen-bond acceptors (Lipinski definition) is 2. The van der Waals surface area contributed by atoms with Crippen molar-refractivity contribution in [1.29, 1.82) is 0 Å². The fourth-order valence-electron chi connectivity index (χ4n) is 3.69. The molecule has 4 nitrogen and oxygen atoms in total. The molecule has 3 aromatic carbocycles. The molecule has 2 bridgehead atoms. The molecule has 5 radical (unpaired) electrons. The fraction of sp³-hybridized carbons (Fsp3) is 0.161. The first-order valence-corrected chi connectivity index (χ1v) is 12.9. The van der Waals surface area contributed by atoms with Crippen LogP contribution < -0.4 is 15.9 Å². The van der Waals surface area contributed by atoms with Crippen LogP contribution in [0.4, 0.5) is 0 Å². The van der Waals surface area contributed by atoms with Crippen LogP contribution in [0, 0.1) is 51.7 Å². The van der Waals surface area contributed by atoms with Gasteiger partial charge in [0, 0.05) is 54.8 Å². The van der Waals surface area contributed by atoms with Crippen LogP contribution in [0.25, 0.3) is 0 Å². The van der Waals surface area contributed by atoms with Gasteiger partial charge in [-0.1, -0.05) is 104 Å². The van der Waals surface area contributed by atoms with Crippen LogP contribution in [0.2, 0.25) is 0 Å². The molecule has 3 fully saturated rings. The quantitative estimate of drug-likeness (QED) is 0.159. The second-order valence-electron chi connectivity index (χ2n) is 7.62. The first-order valence-electron chi connectivity index (χ1n) is 11.6. The summed E-state index contributed by atoms with van der Waals surface area (Å²) >= 11 is 0. The van der Waals surface area contributed by atoms with Gasteiger partial charge in [0.1, 0.15) is 0 Å². The van der Waals surface area contributed by atoms with Crippen LogP contribution >= 0.6 is 7.92 Å². The molecule has 2 saturated heterocycles. The van der Waals surface area contributed by atoms with Gasteiger partial charge in [-0.3, -0.25) is 0 Å². The molecule has 0 aromatic heterocycles. The Balaban J connectivity index is 0.000000597. The Morgan fingerprint density at radius 2 is 1.00 bits per heavy atom. The summed E-state index contributed by atoms with van der Waals surface area (Å²) in [4.78, 5) is 0. The second-order valence-corrected chi connectivity index (χ2v) is 9.84. The number of ether oxygens (including phenoxy) is 2. The summed E-state index contributed by atoms with van der Waals surface area (Å²) in [6.07, 6.45) is 14.7. The fourth-order valence-corrected chi connectivity index (χ4v) is 5.99. The summed E-state index contributed by atoms with van der Waals surface area (Å²) in [5.74, 6) is 0. The molecule has 38 heavy (non-hydrogen) atoms. The molecule has 2 aliphatic heterocycles. The molecule has 7 heteroatoms. The normalized spacial score (nSPS) is 16.6. The first-order chi connectivity index (χ1) is 17.9. The minimum absolute atomic E-state index is 0. The van der Waals surface area contributed by atoms with Crippen LogP contribution in [0.5, 0.6) is 0 Å². The molecule has 0 N–H and O–H groups in total. The second kappa shape index (κ2) is 23.7. The molecule has 0 unspecified atom stereocenters. The average molecular weight is 688 g/mol. The third kappa shape index (κ3) is 13.3. The van der Waals surface area contributed by atoms with Crippen LogP contribution in [-0.2, 0) is 60.9 Å². The monoisotopic (exact) mass is 692 g/mol. The van der Waals surface area contributed by atoms with E-state index in [1.54, 1.807) is 0 Å². The maximum absolute atomic E-state index is 7.50. The molecule has 0 amide bonds. The summed E-state index contributed by atoms with van der Waals surface area (Å²) in [5.41, 5.74) is 0. The van der Waals surface area contributed by atoms with E-state index in [-0.39, 0.29) is 42.1 Å². The third-order valence-corrected chi connectivity index (χ3v) is 7.68. The SMILES string of the molecule is C1C[C-]2OC[C@H](C1)O2.[C-]#[O+].[C-]#[O+].[CH]1[CH][CH][CH][CH]1.[Mo].[Mo].c1ccc(P(c2ccccc2)c2ccccc2)cc1. The zero-order chi connectivity index (χ0) is 25.8. The molecule has 195 valence electrons. The van der Waals surface area contributed by atoms with E-state index in [0.29, 0.717) is 6.10 Å². The van der Waals surface area contributed by atoms with Gasteiger partial charge in [-0.25, -0.2) is 0 Å². The maximum Gasteiger partial charge on any atom is 0 e. The van der Waals surface area contributed by atoms with Gasteiger partial charge in [0.25, 0.3) is 0 Å². The molecule has 3 aliphatic rings. The third-order valence-electron chi connectivity index (χ3n) is 5.23. The van der Waals surface area contributed by atoms with Gasteiger partial charge in [0.2, 0.25) is 0 Å². The van der Waals surface area contributed by atoms with E-state index in [9.17, 15) is 0 Å². The molecule has 1 saturated carbocycles. The van der Waals surface area contributed by atoms with Gasteiger partial charge in [0.15, 0.2) is 0 Å². The standard InChI is InChI=1S/C18H15P.C6H9O2.C5H5.2CO.2Mo/c1-4-10-16(11-5-1)19(17-12-6-2-7-13-17)18-14-8-3-9-15-18;1-2-5-4-7-6(3-1)8-5;1-2-4-5-3-1;2*1-2;;/h1-15H;5H,1-4H2;1-5H;;;;/q;-1;;;;;/t;5-;;;;;/m.0...../s1. The van der Waals surface area contributed by atoms with Crippen molar-refractivity contribution in [2.24, 2.45) is 0 Å². The van der Waals surface area contributed by atoms with E-state index in [0.717, 1.165) is 19.3 Å². The van der Waals surface area contributed by atoms with E-state index in [1.807, 2.05) is 32.1 Å². The Bertz CT molecular complexity index is 862.